The van der Waals surface area contributed by atoms with E-state index in [9.17, 15) is 9.59 Å². The molecule has 0 aromatic heterocycles. The number of nitrogens with one attached hydrogen (secondary N) is 3. The fourth-order valence-corrected chi connectivity index (χ4v) is 3.32. The Morgan fingerprint density at radius 1 is 0.800 bits per heavy atom. The molecule has 2 amide bonds. The monoisotopic (exact) mass is 481 g/mol. The number of anilines is 2. The van der Waals surface area contributed by atoms with Gasteiger partial charge >= 0.3 is 0 Å². The van der Waals surface area contributed by atoms with Crippen LogP contribution >= 0.6 is 28.1 Å². The first-order valence-corrected chi connectivity index (χ1v) is 10.4. The quantitative estimate of drug-likeness (QED) is 0.433. The number of carbonyl (C=O) groups excluding carboxylic acids is 2. The maximum atomic E-state index is 12.4. The van der Waals surface area contributed by atoms with Crippen molar-refractivity contribution in [3.05, 3.63) is 93.5 Å². The molecule has 3 N–H and O–H groups in total. The highest BCUT2D eigenvalue weighted by atomic mass is 79.9. The van der Waals surface area contributed by atoms with Gasteiger partial charge < -0.3 is 10.6 Å². The number of rotatable bonds is 4. The van der Waals surface area contributed by atoms with Gasteiger partial charge in [-0.3, -0.25) is 14.9 Å². The molecule has 3 aromatic carbocycles. The number of thiocarbonyl (C=S) groups is 1. The molecule has 0 saturated carbocycles. The van der Waals surface area contributed by atoms with Crippen LogP contribution in [0.3, 0.4) is 0 Å². The smallest absolute Gasteiger partial charge is 0.257 e. The average molecular weight is 482 g/mol. The van der Waals surface area contributed by atoms with E-state index in [1.165, 1.54) is 0 Å². The topological polar surface area (TPSA) is 70.2 Å². The van der Waals surface area contributed by atoms with Crippen molar-refractivity contribution < 1.29 is 9.59 Å². The van der Waals surface area contributed by atoms with Crippen molar-refractivity contribution in [2.45, 2.75) is 13.8 Å². The van der Waals surface area contributed by atoms with Crippen LogP contribution in [0.1, 0.15) is 31.8 Å². The van der Waals surface area contributed by atoms with Crippen molar-refractivity contribution in [2.24, 2.45) is 0 Å². The summed E-state index contributed by atoms with van der Waals surface area (Å²) in [6.45, 7) is 3.84. The van der Waals surface area contributed by atoms with Gasteiger partial charge in [0.25, 0.3) is 11.8 Å². The summed E-state index contributed by atoms with van der Waals surface area (Å²) in [6, 6.07) is 19.8. The first-order valence-electron chi connectivity index (χ1n) is 9.19. The van der Waals surface area contributed by atoms with Gasteiger partial charge in [-0.05, 0) is 79.7 Å². The zero-order valence-electron chi connectivity index (χ0n) is 16.5. The molecule has 0 fully saturated rings. The maximum absolute atomic E-state index is 12.4. The summed E-state index contributed by atoms with van der Waals surface area (Å²) < 4.78 is 0.859. The lowest BCUT2D eigenvalue weighted by Gasteiger charge is -2.11. The van der Waals surface area contributed by atoms with Crippen molar-refractivity contribution in [2.75, 3.05) is 10.6 Å². The average Bonchev–Trinajstić information content (AvgIpc) is 2.71. The second kappa shape index (κ2) is 9.65. The van der Waals surface area contributed by atoms with E-state index in [2.05, 4.69) is 31.9 Å². The van der Waals surface area contributed by atoms with Crippen molar-refractivity contribution in [3.8, 4) is 0 Å². The third kappa shape index (κ3) is 5.52. The zero-order chi connectivity index (χ0) is 21.7. The molecule has 0 atom stereocenters. The van der Waals surface area contributed by atoms with Gasteiger partial charge in [0, 0.05) is 27.0 Å². The van der Waals surface area contributed by atoms with Crippen LogP contribution in [0.5, 0.6) is 0 Å². The third-order valence-corrected chi connectivity index (χ3v) is 5.51. The molecule has 7 heteroatoms. The van der Waals surface area contributed by atoms with Gasteiger partial charge in [0.05, 0.1) is 0 Å². The molecular weight excluding hydrogens is 462 g/mol. The molecule has 0 spiro atoms. The number of carbonyl (C=O) groups is 2. The Morgan fingerprint density at radius 2 is 1.43 bits per heavy atom. The second-order valence-corrected chi connectivity index (χ2v) is 7.98. The molecule has 0 aliphatic rings. The molecule has 0 bridgehead atoms. The number of hydrogen-bond acceptors (Lipinski definition) is 3. The van der Waals surface area contributed by atoms with Gasteiger partial charge in [-0.2, -0.15) is 0 Å². The lowest BCUT2D eigenvalue weighted by molar-refractivity contribution is 0.0976. The molecule has 152 valence electrons. The Hall–Kier alpha value is -3.03. The van der Waals surface area contributed by atoms with E-state index in [-0.39, 0.29) is 16.9 Å². The van der Waals surface area contributed by atoms with E-state index in [1.54, 1.807) is 42.5 Å². The van der Waals surface area contributed by atoms with Crippen molar-refractivity contribution in [3.63, 3.8) is 0 Å². The molecule has 0 saturated heterocycles. The molecular formula is C23H20BrN3O2S. The van der Waals surface area contributed by atoms with Crippen LogP contribution in [0, 0.1) is 13.8 Å². The number of hydrogen-bond donors (Lipinski definition) is 3. The lowest BCUT2D eigenvalue weighted by atomic mass is 10.1. The summed E-state index contributed by atoms with van der Waals surface area (Å²) in [5.41, 5.74) is 4.45. The zero-order valence-corrected chi connectivity index (χ0v) is 18.9. The van der Waals surface area contributed by atoms with Gasteiger partial charge in [0.2, 0.25) is 0 Å². The molecule has 30 heavy (non-hydrogen) atoms. The van der Waals surface area contributed by atoms with Crippen molar-refractivity contribution in [1.29, 1.82) is 0 Å². The van der Waals surface area contributed by atoms with Crippen LogP contribution in [0.2, 0.25) is 0 Å². The Labute approximate surface area is 189 Å². The first kappa shape index (κ1) is 21.7. The summed E-state index contributed by atoms with van der Waals surface area (Å²) in [5.74, 6) is -0.462. The molecule has 3 aromatic rings. The Bertz CT molecular complexity index is 1110. The second-order valence-electron chi connectivity index (χ2n) is 6.72. The normalized spacial score (nSPS) is 10.2. The molecule has 0 heterocycles. The van der Waals surface area contributed by atoms with E-state index in [0.717, 1.165) is 15.6 Å². The summed E-state index contributed by atoms with van der Waals surface area (Å²) >= 11 is 8.65. The number of benzene rings is 3. The molecule has 0 aliphatic heterocycles. The van der Waals surface area contributed by atoms with Crippen LogP contribution in [0.25, 0.3) is 0 Å². The van der Waals surface area contributed by atoms with Crippen molar-refractivity contribution in [1.82, 2.24) is 5.32 Å². The van der Waals surface area contributed by atoms with Crippen LogP contribution in [0.15, 0.2) is 71.2 Å². The highest BCUT2D eigenvalue weighted by Crippen LogP contribution is 2.18. The molecule has 0 aliphatic carbocycles. The molecule has 0 radical (unpaired) electrons. The minimum Gasteiger partial charge on any atom is -0.332 e. The summed E-state index contributed by atoms with van der Waals surface area (Å²) in [7, 11) is 0. The Balaban J connectivity index is 1.57. The van der Waals surface area contributed by atoms with Crippen LogP contribution < -0.4 is 16.0 Å². The van der Waals surface area contributed by atoms with E-state index in [4.69, 9.17) is 12.2 Å². The fourth-order valence-electron chi connectivity index (χ4n) is 2.73. The van der Waals surface area contributed by atoms with Crippen molar-refractivity contribution >= 4 is 56.4 Å². The van der Waals surface area contributed by atoms with Crippen LogP contribution in [-0.4, -0.2) is 16.9 Å². The van der Waals surface area contributed by atoms with Gasteiger partial charge in [-0.25, -0.2) is 0 Å². The largest absolute Gasteiger partial charge is 0.332 e. The fraction of sp³-hybridized carbons (Fsp3) is 0.0870. The summed E-state index contributed by atoms with van der Waals surface area (Å²) in [4.78, 5) is 24.7. The molecule has 3 rings (SSSR count). The number of amides is 2. The number of halogens is 1. The Kier molecular flexibility index (Phi) is 6.97. The highest BCUT2D eigenvalue weighted by molar-refractivity contribution is 9.10. The molecule has 5 nitrogen and oxygen atoms in total. The van der Waals surface area contributed by atoms with Gasteiger partial charge in [0.15, 0.2) is 5.11 Å². The highest BCUT2D eigenvalue weighted by Gasteiger charge is 2.11. The van der Waals surface area contributed by atoms with Gasteiger partial charge in [0.1, 0.15) is 0 Å². The van der Waals surface area contributed by atoms with E-state index >= 15 is 0 Å². The standard InChI is InChI=1S/C23H20BrN3O2S/c1-14-5-3-4-6-19(14)22(29)25-17-9-11-18(12-10-17)26-23(30)27-21(28)16-8-7-15(2)20(24)13-16/h3-13H,1-2H3,(H,25,29)(H2,26,27,28,30). The SMILES string of the molecule is Cc1ccc(C(=O)NC(=S)Nc2ccc(NC(=O)c3ccccc3C)cc2)cc1Br. The predicted octanol–water partition coefficient (Wildman–Crippen LogP) is 5.45. The summed E-state index contributed by atoms with van der Waals surface area (Å²) in [6.07, 6.45) is 0. The minimum absolute atomic E-state index is 0.166. The first-order chi connectivity index (χ1) is 14.3. The number of aryl methyl sites for hydroxylation is 2. The predicted molar refractivity (Wildman–Crippen MR) is 128 cm³/mol. The van der Waals surface area contributed by atoms with E-state index in [1.807, 2.05) is 38.1 Å². The Morgan fingerprint density at radius 3 is 2.07 bits per heavy atom. The third-order valence-electron chi connectivity index (χ3n) is 4.45. The van der Waals surface area contributed by atoms with Crippen LogP contribution in [-0.2, 0) is 0 Å². The maximum Gasteiger partial charge on any atom is 0.257 e. The van der Waals surface area contributed by atoms with Gasteiger partial charge in [-0.1, -0.05) is 40.2 Å². The van der Waals surface area contributed by atoms with Gasteiger partial charge in [-0.15, -0.1) is 0 Å². The summed E-state index contributed by atoms with van der Waals surface area (Å²) in [5, 5.41) is 8.68. The van der Waals surface area contributed by atoms with Crippen LogP contribution in [0.4, 0.5) is 11.4 Å². The minimum atomic E-state index is -0.296. The van der Waals surface area contributed by atoms with E-state index < -0.39 is 0 Å². The lowest BCUT2D eigenvalue weighted by Crippen LogP contribution is -2.34. The molecule has 0 unspecified atom stereocenters. The van der Waals surface area contributed by atoms with E-state index in [0.29, 0.717) is 22.5 Å².